The number of carboxylic acid groups (broad SMARTS) is 1. The zero-order chi connectivity index (χ0) is 11.3. The summed E-state index contributed by atoms with van der Waals surface area (Å²) in [5.74, 6) is -0.899. The van der Waals surface area contributed by atoms with E-state index in [1.807, 2.05) is 6.07 Å². The Kier molecular flexibility index (Phi) is 3.83. The Morgan fingerprint density at radius 1 is 1.60 bits per heavy atom. The lowest BCUT2D eigenvalue weighted by molar-refractivity contribution is -0.139. The zero-order valence-corrected chi connectivity index (χ0v) is 8.40. The number of nitrogens with zero attached hydrogens (tertiary/aromatic N) is 1. The van der Waals surface area contributed by atoms with E-state index < -0.39 is 12.0 Å². The first-order chi connectivity index (χ1) is 7.15. The first-order valence-corrected chi connectivity index (χ1v) is 4.59. The molecule has 1 aromatic carbocycles. The normalized spacial score (nSPS) is 11.7. The zero-order valence-electron chi connectivity index (χ0n) is 8.40. The van der Waals surface area contributed by atoms with Crippen LogP contribution in [0.4, 0.5) is 0 Å². The lowest BCUT2D eigenvalue weighted by atomic mass is 10.1. The fourth-order valence-electron chi connectivity index (χ4n) is 1.13. The van der Waals surface area contributed by atoms with E-state index in [1.165, 1.54) is 0 Å². The lowest BCUT2D eigenvalue weighted by Crippen LogP contribution is -2.33. The Morgan fingerprint density at radius 3 is 2.87 bits per heavy atom. The molecular weight excluding hydrogens is 192 g/mol. The molecule has 4 nitrogen and oxygen atoms in total. The number of hydrogen-bond acceptors (Lipinski definition) is 3. The van der Waals surface area contributed by atoms with E-state index >= 15 is 0 Å². The number of hydrogen-bond donors (Lipinski definition) is 2. The van der Waals surface area contributed by atoms with E-state index in [0.717, 1.165) is 5.56 Å². The lowest BCUT2D eigenvalue weighted by Gasteiger charge is -2.09. The van der Waals surface area contributed by atoms with Crippen molar-refractivity contribution in [2.45, 2.75) is 19.5 Å². The molecule has 0 radical (unpaired) electrons. The van der Waals surface area contributed by atoms with Crippen molar-refractivity contribution in [3.8, 4) is 6.07 Å². The highest BCUT2D eigenvalue weighted by molar-refractivity contribution is 5.72. The summed E-state index contributed by atoms with van der Waals surface area (Å²) in [4.78, 5) is 10.5. The van der Waals surface area contributed by atoms with Crippen molar-refractivity contribution in [1.82, 2.24) is 5.32 Å². The molecule has 0 amide bonds. The van der Waals surface area contributed by atoms with Crippen molar-refractivity contribution >= 4 is 5.97 Å². The molecule has 1 atom stereocenters. The highest BCUT2D eigenvalue weighted by atomic mass is 16.4. The molecule has 2 N–H and O–H groups in total. The predicted molar refractivity (Wildman–Crippen MR) is 55.1 cm³/mol. The summed E-state index contributed by atoms with van der Waals surface area (Å²) in [6.45, 7) is 1.95. The van der Waals surface area contributed by atoms with Crippen LogP contribution in [0.2, 0.25) is 0 Å². The SMILES string of the molecule is C[C@@H](NCc1ccccc1C#N)C(=O)O. The molecule has 0 aliphatic heterocycles. The van der Waals surface area contributed by atoms with Crippen LogP contribution in [-0.2, 0) is 11.3 Å². The third kappa shape index (κ3) is 3.08. The molecule has 0 fully saturated rings. The first-order valence-electron chi connectivity index (χ1n) is 4.59. The molecule has 0 saturated carbocycles. The third-order valence-corrected chi connectivity index (χ3v) is 2.11. The smallest absolute Gasteiger partial charge is 0.320 e. The minimum atomic E-state index is -0.899. The summed E-state index contributed by atoms with van der Waals surface area (Å²) in [6, 6.07) is 8.57. The van der Waals surface area contributed by atoms with Gasteiger partial charge in [-0.3, -0.25) is 4.79 Å². The van der Waals surface area contributed by atoms with E-state index in [0.29, 0.717) is 12.1 Å². The average molecular weight is 204 g/mol. The third-order valence-electron chi connectivity index (χ3n) is 2.11. The number of benzene rings is 1. The molecule has 0 aliphatic carbocycles. The second-order valence-electron chi connectivity index (χ2n) is 3.21. The molecule has 1 rings (SSSR count). The topological polar surface area (TPSA) is 73.1 Å². The maximum atomic E-state index is 10.5. The van der Waals surface area contributed by atoms with E-state index in [2.05, 4.69) is 11.4 Å². The van der Waals surface area contributed by atoms with E-state index in [-0.39, 0.29) is 0 Å². The Morgan fingerprint density at radius 2 is 2.27 bits per heavy atom. The van der Waals surface area contributed by atoms with E-state index in [9.17, 15) is 4.79 Å². The Hall–Kier alpha value is -1.86. The van der Waals surface area contributed by atoms with Crippen LogP contribution in [-0.4, -0.2) is 17.1 Å². The molecule has 0 aliphatic rings. The number of carbonyl (C=O) groups is 1. The summed E-state index contributed by atoms with van der Waals surface area (Å²) in [5.41, 5.74) is 1.38. The van der Waals surface area contributed by atoms with E-state index in [4.69, 9.17) is 10.4 Å². The van der Waals surface area contributed by atoms with Crippen LogP contribution in [0, 0.1) is 11.3 Å². The Bertz CT molecular complexity index is 396. The van der Waals surface area contributed by atoms with Crippen LogP contribution in [0.15, 0.2) is 24.3 Å². The summed E-state index contributed by atoms with van der Waals surface area (Å²) in [5, 5.41) is 20.3. The molecule has 4 heteroatoms. The highest BCUT2D eigenvalue weighted by Crippen LogP contribution is 2.06. The van der Waals surface area contributed by atoms with Crippen LogP contribution in [0.25, 0.3) is 0 Å². The van der Waals surface area contributed by atoms with E-state index in [1.54, 1.807) is 25.1 Å². The monoisotopic (exact) mass is 204 g/mol. The summed E-state index contributed by atoms with van der Waals surface area (Å²) in [7, 11) is 0. The molecule has 15 heavy (non-hydrogen) atoms. The number of nitriles is 1. The van der Waals surface area contributed by atoms with Crippen molar-refractivity contribution in [1.29, 1.82) is 5.26 Å². The molecule has 0 spiro atoms. The fourth-order valence-corrected chi connectivity index (χ4v) is 1.13. The van der Waals surface area contributed by atoms with Crippen molar-refractivity contribution in [3.63, 3.8) is 0 Å². The predicted octanol–water partition coefficient (Wildman–Crippen LogP) is 1.12. The largest absolute Gasteiger partial charge is 0.480 e. The van der Waals surface area contributed by atoms with Crippen LogP contribution < -0.4 is 5.32 Å². The van der Waals surface area contributed by atoms with Gasteiger partial charge in [0.25, 0.3) is 0 Å². The minimum absolute atomic E-state index is 0.386. The van der Waals surface area contributed by atoms with Gasteiger partial charge in [0.05, 0.1) is 11.6 Å². The summed E-state index contributed by atoms with van der Waals surface area (Å²) >= 11 is 0. The molecule has 1 aromatic rings. The molecule has 0 bridgehead atoms. The van der Waals surface area contributed by atoms with Crippen LogP contribution >= 0.6 is 0 Å². The highest BCUT2D eigenvalue weighted by Gasteiger charge is 2.10. The van der Waals surface area contributed by atoms with Crippen LogP contribution in [0.5, 0.6) is 0 Å². The van der Waals surface area contributed by atoms with Gasteiger partial charge >= 0.3 is 5.97 Å². The number of carboxylic acids is 1. The van der Waals surface area contributed by atoms with Gasteiger partial charge in [0.1, 0.15) is 6.04 Å². The van der Waals surface area contributed by atoms with Gasteiger partial charge < -0.3 is 10.4 Å². The minimum Gasteiger partial charge on any atom is -0.480 e. The maximum absolute atomic E-state index is 10.5. The number of aliphatic carboxylic acids is 1. The quantitative estimate of drug-likeness (QED) is 0.770. The van der Waals surface area contributed by atoms with Gasteiger partial charge in [0.2, 0.25) is 0 Å². The van der Waals surface area contributed by atoms with Gasteiger partial charge in [-0.1, -0.05) is 18.2 Å². The molecule has 0 saturated heterocycles. The Labute approximate surface area is 88.2 Å². The fraction of sp³-hybridized carbons (Fsp3) is 0.273. The van der Waals surface area contributed by atoms with Crippen molar-refractivity contribution in [2.24, 2.45) is 0 Å². The maximum Gasteiger partial charge on any atom is 0.320 e. The first kappa shape index (κ1) is 11.2. The van der Waals surface area contributed by atoms with Crippen LogP contribution in [0.1, 0.15) is 18.1 Å². The average Bonchev–Trinajstić information content (AvgIpc) is 2.26. The van der Waals surface area contributed by atoms with Gasteiger partial charge in [0, 0.05) is 6.54 Å². The summed E-state index contributed by atoms with van der Waals surface area (Å²) < 4.78 is 0. The van der Waals surface area contributed by atoms with Crippen LogP contribution in [0.3, 0.4) is 0 Å². The van der Waals surface area contributed by atoms with Crippen molar-refractivity contribution in [3.05, 3.63) is 35.4 Å². The molecule has 0 heterocycles. The second-order valence-corrected chi connectivity index (χ2v) is 3.21. The summed E-state index contributed by atoms with van der Waals surface area (Å²) in [6.07, 6.45) is 0. The van der Waals surface area contributed by atoms with Gasteiger partial charge in [-0.2, -0.15) is 5.26 Å². The van der Waals surface area contributed by atoms with Gasteiger partial charge in [-0.05, 0) is 18.6 Å². The number of rotatable bonds is 4. The Balaban J connectivity index is 2.66. The molecule has 0 unspecified atom stereocenters. The molecule has 0 aromatic heterocycles. The molecular formula is C11H12N2O2. The van der Waals surface area contributed by atoms with Crippen molar-refractivity contribution in [2.75, 3.05) is 0 Å². The second kappa shape index (κ2) is 5.13. The van der Waals surface area contributed by atoms with Gasteiger partial charge in [-0.25, -0.2) is 0 Å². The van der Waals surface area contributed by atoms with Gasteiger partial charge in [0.15, 0.2) is 0 Å². The standard InChI is InChI=1S/C11H12N2O2/c1-8(11(14)15)13-7-10-5-3-2-4-9(10)6-12/h2-5,8,13H,7H2,1H3,(H,14,15)/t8-/m1/s1. The molecule has 78 valence electrons. The van der Waals surface area contributed by atoms with Gasteiger partial charge in [-0.15, -0.1) is 0 Å². The van der Waals surface area contributed by atoms with Crippen molar-refractivity contribution < 1.29 is 9.90 Å². The number of nitrogens with one attached hydrogen (secondary N) is 1.